The molecule has 1 aliphatic rings. The molecule has 1 amide bonds. The van der Waals surface area contributed by atoms with E-state index in [9.17, 15) is 13.2 Å². The Labute approximate surface area is 217 Å². The van der Waals surface area contributed by atoms with Crippen molar-refractivity contribution in [1.82, 2.24) is 19.5 Å². The van der Waals surface area contributed by atoms with Gasteiger partial charge in [0.05, 0.1) is 11.9 Å². The number of fused-ring (bicyclic) bond motifs is 1. The number of aryl methyl sites for hydroxylation is 1. The van der Waals surface area contributed by atoms with Gasteiger partial charge in [0.15, 0.2) is 5.65 Å². The number of ether oxygens (including phenoxy) is 2. The Kier molecular flexibility index (Phi) is 7.22. The van der Waals surface area contributed by atoms with Crippen LogP contribution in [0.25, 0.3) is 16.8 Å². The van der Waals surface area contributed by atoms with Gasteiger partial charge in [0, 0.05) is 56.0 Å². The number of hydrogen-bond acceptors (Lipinski definition) is 8. The number of benzene rings is 1. The highest BCUT2D eigenvalue weighted by molar-refractivity contribution is 7.92. The van der Waals surface area contributed by atoms with Gasteiger partial charge in [-0.05, 0) is 52.0 Å². The predicted octanol–water partition coefficient (Wildman–Crippen LogP) is 3.90. The third kappa shape index (κ3) is 6.43. The number of pyridine rings is 1. The third-order valence-electron chi connectivity index (χ3n) is 5.93. The Balaban J connectivity index is 1.63. The summed E-state index contributed by atoms with van der Waals surface area (Å²) in [6.07, 6.45) is 3.88. The zero-order chi connectivity index (χ0) is 27.0. The second-order valence-electron chi connectivity index (χ2n) is 10.2. The van der Waals surface area contributed by atoms with E-state index in [4.69, 9.17) is 9.47 Å². The number of anilines is 2. The van der Waals surface area contributed by atoms with Crippen LogP contribution < -0.4 is 14.8 Å². The van der Waals surface area contributed by atoms with E-state index in [0.29, 0.717) is 43.0 Å². The molecular weight excluding hydrogens is 496 g/mol. The highest BCUT2D eigenvalue weighted by Crippen LogP contribution is 2.36. The van der Waals surface area contributed by atoms with Crippen molar-refractivity contribution in [3.05, 3.63) is 36.3 Å². The highest BCUT2D eigenvalue weighted by atomic mass is 32.2. The molecule has 37 heavy (non-hydrogen) atoms. The van der Waals surface area contributed by atoms with Crippen molar-refractivity contribution in [3.8, 4) is 16.9 Å². The van der Waals surface area contributed by atoms with Crippen LogP contribution in [0.5, 0.6) is 5.75 Å². The van der Waals surface area contributed by atoms with E-state index < -0.39 is 15.6 Å². The van der Waals surface area contributed by atoms with Gasteiger partial charge < -0.3 is 19.7 Å². The molecule has 0 unspecified atom stereocenters. The Hall–Kier alpha value is -3.54. The van der Waals surface area contributed by atoms with Crippen LogP contribution in [0.15, 0.2) is 30.5 Å². The lowest BCUT2D eigenvalue weighted by atomic mass is 10.0. The zero-order valence-corrected chi connectivity index (χ0v) is 22.8. The molecule has 1 saturated heterocycles. The van der Waals surface area contributed by atoms with Gasteiger partial charge >= 0.3 is 6.09 Å². The van der Waals surface area contributed by atoms with E-state index in [1.54, 1.807) is 30.1 Å². The molecule has 4 rings (SSSR count). The second-order valence-corrected chi connectivity index (χ2v) is 12.0. The first-order valence-electron chi connectivity index (χ1n) is 12.1. The summed E-state index contributed by atoms with van der Waals surface area (Å²) < 4.78 is 40.1. The van der Waals surface area contributed by atoms with E-state index in [0.717, 1.165) is 28.9 Å². The second kappa shape index (κ2) is 10.1. The summed E-state index contributed by atoms with van der Waals surface area (Å²) in [5, 5.41) is 11.6. The van der Waals surface area contributed by atoms with Crippen molar-refractivity contribution in [1.29, 1.82) is 0 Å². The van der Waals surface area contributed by atoms with Crippen LogP contribution in [0.1, 0.15) is 39.4 Å². The molecule has 1 aromatic carbocycles. The molecule has 0 atom stereocenters. The van der Waals surface area contributed by atoms with Crippen LogP contribution in [0.3, 0.4) is 0 Å². The summed E-state index contributed by atoms with van der Waals surface area (Å²) in [6.45, 7) is 8.46. The molecule has 1 aliphatic heterocycles. The van der Waals surface area contributed by atoms with E-state index >= 15 is 0 Å². The first-order chi connectivity index (χ1) is 17.3. The molecule has 12 heteroatoms. The van der Waals surface area contributed by atoms with E-state index in [-0.39, 0.29) is 12.2 Å². The average molecular weight is 531 g/mol. The van der Waals surface area contributed by atoms with Crippen LogP contribution in [0.2, 0.25) is 0 Å². The van der Waals surface area contributed by atoms with Crippen molar-refractivity contribution >= 4 is 33.1 Å². The highest BCUT2D eigenvalue weighted by Gasteiger charge is 2.28. The van der Waals surface area contributed by atoms with Crippen LogP contribution in [-0.2, 0) is 14.8 Å². The summed E-state index contributed by atoms with van der Waals surface area (Å²) in [4.78, 5) is 14.1. The molecule has 0 radical (unpaired) electrons. The number of aromatic nitrogens is 3. The fourth-order valence-electron chi connectivity index (χ4n) is 4.23. The SMILES string of the molecule is CNc1cc(-c2cc(NS(C)(=O)=O)ccc2OC2CCN(C(=O)OC(C)(C)C)CC2)cn2c(C)nnc12. The van der Waals surface area contributed by atoms with Crippen LogP contribution in [0.4, 0.5) is 16.2 Å². The minimum absolute atomic E-state index is 0.115. The molecule has 2 aromatic heterocycles. The Bertz CT molecular complexity index is 1400. The third-order valence-corrected chi connectivity index (χ3v) is 6.53. The predicted molar refractivity (Wildman–Crippen MR) is 143 cm³/mol. The number of carbonyl (C=O) groups is 1. The molecule has 3 heterocycles. The number of rotatable bonds is 6. The van der Waals surface area contributed by atoms with Gasteiger partial charge in [-0.2, -0.15) is 0 Å². The summed E-state index contributed by atoms with van der Waals surface area (Å²) in [5.74, 6) is 1.33. The molecule has 1 fully saturated rings. The minimum atomic E-state index is -3.47. The van der Waals surface area contributed by atoms with Gasteiger partial charge in [0.1, 0.15) is 23.3 Å². The number of carbonyl (C=O) groups excluding carboxylic acids is 1. The van der Waals surface area contributed by atoms with E-state index in [1.807, 2.05) is 44.4 Å². The lowest BCUT2D eigenvalue weighted by Gasteiger charge is -2.33. The molecule has 0 aliphatic carbocycles. The number of sulfonamides is 1. The van der Waals surface area contributed by atoms with Gasteiger partial charge in [-0.15, -0.1) is 10.2 Å². The molecular formula is C25H34N6O5S. The van der Waals surface area contributed by atoms with Gasteiger partial charge in [0.25, 0.3) is 0 Å². The topological polar surface area (TPSA) is 127 Å². The maximum Gasteiger partial charge on any atom is 0.410 e. The van der Waals surface area contributed by atoms with Crippen molar-refractivity contribution in [2.45, 2.75) is 52.2 Å². The monoisotopic (exact) mass is 530 g/mol. The Morgan fingerprint density at radius 3 is 2.46 bits per heavy atom. The number of amides is 1. The number of likely N-dealkylation sites (tertiary alicyclic amines) is 1. The maximum atomic E-state index is 12.4. The summed E-state index contributed by atoms with van der Waals surface area (Å²) in [6, 6.07) is 7.14. The van der Waals surface area contributed by atoms with Crippen molar-refractivity contribution in [2.24, 2.45) is 0 Å². The normalized spacial score (nSPS) is 15.0. The van der Waals surface area contributed by atoms with Crippen molar-refractivity contribution in [2.75, 3.05) is 36.4 Å². The molecule has 200 valence electrons. The number of piperidine rings is 1. The van der Waals surface area contributed by atoms with E-state index in [2.05, 4.69) is 20.2 Å². The first-order valence-corrected chi connectivity index (χ1v) is 14.0. The van der Waals surface area contributed by atoms with Crippen LogP contribution >= 0.6 is 0 Å². The standard InChI is InChI=1S/C25H34N6O5S/c1-16-27-28-23-21(26-5)13-17(15-31(16)23)20-14-18(29-37(6,33)34)7-8-22(20)35-19-9-11-30(12-10-19)24(32)36-25(2,3)4/h7-8,13-15,19,26,29H,9-12H2,1-6H3. The fraction of sp³-hybridized carbons (Fsp3) is 0.480. The molecule has 3 aromatic rings. The Morgan fingerprint density at radius 1 is 1.14 bits per heavy atom. The van der Waals surface area contributed by atoms with Crippen LogP contribution in [0, 0.1) is 6.92 Å². The quantitative estimate of drug-likeness (QED) is 0.491. The zero-order valence-electron chi connectivity index (χ0n) is 22.0. The summed E-state index contributed by atoms with van der Waals surface area (Å²) in [5.41, 5.74) is 2.86. The summed E-state index contributed by atoms with van der Waals surface area (Å²) in [7, 11) is -1.66. The number of nitrogens with one attached hydrogen (secondary N) is 2. The van der Waals surface area contributed by atoms with Crippen molar-refractivity contribution in [3.63, 3.8) is 0 Å². The Morgan fingerprint density at radius 2 is 1.84 bits per heavy atom. The fourth-order valence-corrected chi connectivity index (χ4v) is 4.79. The van der Waals surface area contributed by atoms with Gasteiger partial charge in [-0.1, -0.05) is 0 Å². The lowest BCUT2D eigenvalue weighted by molar-refractivity contribution is 0.0127. The smallest absolute Gasteiger partial charge is 0.410 e. The molecule has 0 saturated carbocycles. The van der Waals surface area contributed by atoms with Gasteiger partial charge in [-0.3, -0.25) is 9.12 Å². The van der Waals surface area contributed by atoms with Gasteiger partial charge in [-0.25, -0.2) is 13.2 Å². The first kappa shape index (κ1) is 26.5. The van der Waals surface area contributed by atoms with Crippen molar-refractivity contribution < 1.29 is 22.7 Å². The minimum Gasteiger partial charge on any atom is -0.490 e. The van der Waals surface area contributed by atoms with E-state index in [1.165, 1.54) is 0 Å². The molecule has 11 nitrogen and oxygen atoms in total. The molecule has 2 N–H and O–H groups in total. The largest absolute Gasteiger partial charge is 0.490 e. The number of nitrogens with zero attached hydrogens (tertiary/aromatic N) is 4. The average Bonchev–Trinajstić information content (AvgIpc) is 3.18. The maximum absolute atomic E-state index is 12.4. The van der Waals surface area contributed by atoms with Gasteiger partial charge in [0.2, 0.25) is 10.0 Å². The van der Waals surface area contributed by atoms with Crippen LogP contribution in [-0.4, -0.2) is 72.1 Å². The molecule has 0 spiro atoms. The lowest BCUT2D eigenvalue weighted by Crippen LogP contribution is -2.44. The number of hydrogen-bond donors (Lipinski definition) is 2. The summed E-state index contributed by atoms with van der Waals surface area (Å²) >= 11 is 0. The molecule has 0 bridgehead atoms.